The molecule has 0 aromatic heterocycles. The van der Waals surface area contributed by atoms with E-state index in [9.17, 15) is 9.59 Å². The van der Waals surface area contributed by atoms with Gasteiger partial charge in [0.1, 0.15) is 6.04 Å². The van der Waals surface area contributed by atoms with E-state index in [4.69, 9.17) is 5.73 Å². The average molecular weight is 277 g/mol. The second-order valence-corrected chi connectivity index (χ2v) is 5.23. The van der Waals surface area contributed by atoms with Crippen molar-refractivity contribution in [1.29, 1.82) is 0 Å². The number of benzene rings is 1. The Hall–Kier alpha value is -2.04. The quantitative estimate of drug-likeness (QED) is 0.745. The molecule has 5 nitrogen and oxygen atoms in total. The molecule has 1 aromatic rings. The van der Waals surface area contributed by atoms with Crippen LogP contribution in [0.4, 0.5) is 10.5 Å². The smallest absolute Gasteiger partial charge is 0.312 e. The molecule has 5 heteroatoms. The fourth-order valence-electron chi connectivity index (χ4n) is 1.97. The van der Waals surface area contributed by atoms with Gasteiger partial charge in [-0.1, -0.05) is 32.9 Å². The normalized spacial score (nSPS) is 12.0. The van der Waals surface area contributed by atoms with Crippen molar-refractivity contribution in [3.63, 3.8) is 0 Å². The fourth-order valence-corrected chi connectivity index (χ4v) is 1.97. The van der Waals surface area contributed by atoms with Gasteiger partial charge in [-0.25, -0.2) is 4.79 Å². The molecule has 1 aromatic carbocycles. The Balaban J connectivity index is 2.75. The Labute approximate surface area is 119 Å². The number of primary amides is 1. The number of urea groups is 1. The Bertz CT molecular complexity index is 472. The van der Waals surface area contributed by atoms with Gasteiger partial charge in [-0.15, -0.1) is 0 Å². The van der Waals surface area contributed by atoms with E-state index >= 15 is 0 Å². The molecule has 0 aliphatic carbocycles. The molecule has 0 radical (unpaired) electrons. The van der Waals surface area contributed by atoms with Crippen molar-refractivity contribution in [1.82, 2.24) is 5.32 Å². The fraction of sp³-hybridized carbons (Fsp3) is 0.467. The molecule has 0 unspecified atom stereocenters. The summed E-state index contributed by atoms with van der Waals surface area (Å²) in [7, 11) is 0. The second-order valence-electron chi connectivity index (χ2n) is 5.23. The van der Waals surface area contributed by atoms with Gasteiger partial charge >= 0.3 is 6.03 Å². The van der Waals surface area contributed by atoms with Gasteiger partial charge in [0.2, 0.25) is 5.91 Å². The number of aryl methyl sites for hydroxylation is 1. The molecule has 110 valence electrons. The van der Waals surface area contributed by atoms with E-state index in [0.717, 1.165) is 17.7 Å². The summed E-state index contributed by atoms with van der Waals surface area (Å²) in [5.74, 6) is 0.0327. The van der Waals surface area contributed by atoms with E-state index in [1.165, 1.54) is 0 Å². The Morgan fingerprint density at radius 1 is 1.30 bits per heavy atom. The standard InChI is InChI=1S/C15H23N3O2/c1-4-11-6-5-7-12(9-11)17-14(19)13(8-10(2)3)18-15(16)20/h5-7,9-10,13H,4,8H2,1-3H3,(H,17,19)(H3,16,18,20)/t13-/m1/s1. The molecule has 4 N–H and O–H groups in total. The van der Waals surface area contributed by atoms with Crippen molar-refractivity contribution in [2.75, 3.05) is 5.32 Å². The summed E-state index contributed by atoms with van der Waals surface area (Å²) in [5.41, 5.74) is 6.99. The highest BCUT2D eigenvalue weighted by Crippen LogP contribution is 2.13. The van der Waals surface area contributed by atoms with Crippen LogP contribution in [0.1, 0.15) is 32.8 Å². The first-order chi connectivity index (χ1) is 9.42. The molecule has 1 rings (SSSR count). The highest BCUT2D eigenvalue weighted by atomic mass is 16.2. The van der Waals surface area contributed by atoms with E-state index in [2.05, 4.69) is 17.6 Å². The maximum Gasteiger partial charge on any atom is 0.312 e. The number of carbonyl (C=O) groups is 2. The highest BCUT2D eigenvalue weighted by Gasteiger charge is 2.21. The monoisotopic (exact) mass is 277 g/mol. The zero-order valence-electron chi connectivity index (χ0n) is 12.3. The highest BCUT2D eigenvalue weighted by molar-refractivity contribution is 5.96. The SMILES string of the molecule is CCc1cccc(NC(=O)[C@@H](CC(C)C)NC(N)=O)c1. The molecule has 0 fully saturated rings. The summed E-state index contributed by atoms with van der Waals surface area (Å²) in [4.78, 5) is 23.2. The van der Waals surface area contributed by atoms with E-state index in [-0.39, 0.29) is 11.8 Å². The summed E-state index contributed by atoms with van der Waals surface area (Å²) in [6.45, 7) is 6.03. The van der Waals surface area contributed by atoms with Crippen LogP contribution in [-0.2, 0) is 11.2 Å². The molecular weight excluding hydrogens is 254 g/mol. The van der Waals surface area contributed by atoms with Gasteiger partial charge in [-0.05, 0) is 36.5 Å². The molecule has 0 heterocycles. The molecule has 3 amide bonds. The van der Waals surface area contributed by atoms with Crippen molar-refractivity contribution in [2.24, 2.45) is 11.7 Å². The van der Waals surface area contributed by atoms with Crippen LogP contribution < -0.4 is 16.4 Å². The molecule has 0 aliphatic heterocycles. The van der Waals surface area contributed by atoms with Crippen LogP contribution in [0.25, 0.3) is 0 Å². The largest absolute Gasteiger partial charge is 0.352 e. The number of nitrogens with one attached hydrogen (secondary N) is 2. The summed E-state index contributed by atoms with van der Waals surface area (Å²) in [5, 5.41) is 5.30. The third-order valence-corrected chi connectivity index (χ3v) is 2.94. The molecule has 0 spiro atoms. The lowest BCUT2D eigenvalue weighted by Gasteiger charge is -2.19. The van der Waals surface area contributed by atoms with Crippen LogP contribution in [0.15, 0.2) is 24.3 Å². The van der Waals surface area contributed by atoms with Crippen LogP contribution in [0.3, 0.4) is 0 Å². The number of rotatable bonds is 6. The van der Waals surface area contributed by atoms with Gasteiger partial charge in [0.05, 0.1) is 0 Å². The number of hydrogen-bond acceptors (Lipinski definition) is 2. The summed E-state index contributed by atoms with van der Waals surface area (Å²) < 4.78 is 0. The van der Waals surface area contributed by atoms with Crippen LogP contribution in [-0.4, -0.2) is 18.0 Å². The van der Waals surface area contributed by atoms with Gasteiger partial charge in [0.25, 0.3) is 0 Å². The van der Waals surface area contributed by atoms with Gasteiger partial charge in [-0.2, -0.15) is 0 Å². The molecule has 1 atom stereocenters. The topological polar surface area (TPSA) is 84.2 Å². The lowest BCUT2D eigenvalue weighted by atomic mass is 10.0. The minimum atomic E-state index is -0.687. The van der Waals surface area contributed by atoms with Crippen LogP contribution in [0, 0.1) is 5.92 Å². The lowest BCUT2D eigenvalue weighted by Crippen LogP contribution is -2.46. The molecular formula is C15H23N3O2. The molecule has 0 bridgehead atoms. The van der Waals surface area contributed by atoms with E-state index < -0.39 is 12.1 Å². The lowest BCUT2D eigenvalue weighted by molar-refractivity contribution is -0.118. The molecule has 0 saturated carbocycles. The number of nitrogens with two attached hydrogens (primary N) is 1. The van der Waals surface area contributed by atoms with Gasteiger partial charge in [-0.3, -0.25) is 4.79 Å². The van der Waals surface area contributed by atoms with Crippen LogP contribution in [0.5, 0.6) is 0 Å². The third-order valence-electron chi connectivity index (χ3n) is 2.94. The van der Waals surface area contributed by atoms with Gasteiger partial charge < -0.3 is 16.4 Å². The first kappa shape index (κ1) is 16.0. The van der Waals surface area contributed by atoms with Crippen molar-refractivity contribution in [3.05, 3.63) is 29.8 Å². The Kier molecular flexibility index (Phi) is 6.03. The number of carbonyl (C=O) groups excluding carboxylic acids is 2. The van der Waals surface area contributed by atoms with E-state index in [1.54, 1.807) is 0 Å². The minimum absolute atomic E-state index is 0.245. The van der Waals surface area contributed by atoms with Crippen LogP contribution >= 0.6 is 0 Å². The Morgan fingerprint density at radius 3 is 2.55 bits per heavy atom. The Morgan fingerprint density at radius 2 is 2.00 bits per heavy atom. The first-order valence-corrected chi connectivity index (χ1v) is 6.88. The van der Waals surface area contributed by atoms with Crippen molar-refractivity contribution >= 4 is 17.6 Å². The van der Waals surface area contributed by atoms with Gasteiger partial charge in [0, 0.05) is 5.69 Å². The molecule has 0 saturated heterocycles. The maximum absolute atomic E-state index is 12.2. The summed E-state index contributed by atoms with van der Waals surface area (Å²) in [6.07, 6.45) is 1.45. The zero-order chi connectivity index (χ0) is 15.1. The zero-order valence-corrected chi connectivity index (χ0v) is 12.3. The van der Waals surface area contributed by atoms with Crippen LogP contribution in [0.2, 0.25) is 0 Å². The summed E-state index contributed by atoms with van der Waals surface area (Å²) in [6, 6.07) is 6.35. The average Bonchev–Trinajstić information content (AvgIpc) is 2.37. The van der Waals surface area contributed by atoms with E-state index in [1.807, 2.05) is 38.1 Å². The number of anilines is 1. The third kappa shape index (κ3) is 5.30. The maximum atomic E-state index is 12.2. The number of hydrogen-bond donors (Lipinski definition) is 3. The van der Waals surface area contributed by atoms with E-state index in [0.29, 0.717) is 6.42 Å². The second kappa shape index (κ2) is 7.53. The molecule has 0 aliphatic rings. The minimum Gasteiger partial charge on any atom is -0.352 e. The predicted molar refractivity (Wildman–Crippen MR) is 80.4 cm³/mol. The number of amides is 3. The first-order valence-electron chi connectivity index (χ1n) is 6.88. The van der Waals surface area contributed by atoms with Gasteiger partial charge in [0.15, 0.2) is 0 Å². The molecule has 20 heavy (non-hydrogen) atoms. The van der Waals surface area contributed by atoms with Crippen molar-refractivity contribution < 1.29 is 9.59 Å². The summed E-state index contributed by atoms with van der Waals surface area (Å²) >= 11 is 0. The van der Waals surface area contributed by atoms with Crippen molar-refractivity contribution in [2.45, 2.75) is 39.7 Å². The van der Waals surface area contributed by atoms with Crippen molar-refractivity contribution in [3.8, 4) is 0 Å². The predicted octanol–water partition coefficient (Wildman–Crippen LogP) is 2.27.